The molecule has 90 valence electrons. The van der Waals surface area contributed by atoms with E-state index in [0.717, 1.165) is 25.7 Å². The minimum atomic E-state index is 0.327. The first-order chi connectivity index (χ1) is 7.33. The molecule has 1 aliphatic rings. The van der Waals surface area contributed by atoms with E-state index >= 15 is 0 Å². The number of ether oxygens (including phenoxy) is 1. The first kappa shape index (κ1) is 12.9. The zero-order valence-electron chi connectivity index (χ0n) is 10.2. The maximum absolute atomic E-state index is 5.16. The molecule has 1 saturated carbocycles. The van der Waals surface area contributed by atoms with E-state index in [-0.39, 0.29) is 0 Å². The van der Waals surface area contributed by atoms with Crippen LogP contribution in [0.1, 0.15) is 39.0 Å². The molecule has 1 aliphatic carbocycles. The molecule has 0 aromatic rings. The highest BCUT2D eigenvalue weighted by atomic mass is 16.5. The van der Waals surface area contributed by atoms with Crippen molar-refractivity contribution in [3.05, 3.63) is 0 Å². The average molecular weight is 214 g/mol. The quantitative estimate of drug-likeness (QED) is 0.601. The standard InChI is InChI=1S/C12H26N2O/c1-11(15-2)10-13-8-5-9-14-12-6-3-4-7-12/h11-14H,3-10H2,1-2H3. The van der Waals surface area contributed by atoms with E-state index in [1.165, 1.54) is 32.1 Å². The first-order valence-corrected chi connectivity index (χ1v) is 6.30. The van der Waals surface area contributed by atoms with Gasteiger partial charge in [0.2, 0.25) is 0 Å². The van der Waals surface area contributed by atoms with Crippen molar-refractivity contribution in [1.82, 2.24) is 10.6 Å². The lowest BCUT2D eigenvalue weighted by Gasteiger charge is -2.13. The van der Waals surface area contributed by atoms with Gasteiger partial charge < -0.3 is 15.4 Å². The second-order valence-corrected chi connectivity index (χ2v) is 4.54. The van der Waals surface area contributed by atoms with Gasteiger partial charge >= 0.3 is 0 Å². The summed E-state index contributed by atoms with van der Waals surface area (Å²) in [7, 11) is 1.76. The third kappa shape index (κ3) is 6.13. The maximum atomic E-state index is 5.16. The van der Waals surface area contributed by atoms with Gasteiger partial charge in [0.1, 0.15) is 0 Å². The van der Waals surface area contributed by atoms with Crippen molar-refractivity contribution >= 4 is 0 Å². The Morgan fingerprint density at radius 2 is 2.00 bits per heavy atom. The van der Waals surface area contributed by atoms with Crippen LogP contribution in [-0.2, 0) is 4.74 Å². The number of nitrogens with one attached hydrogen (secondary N) is 2. The lowest BCUT2D eigenvalue weighted by Crippen LogP contribution is -2.31. The van der Waals surface area contributed by atoms with Crippen molar-refractivity contribution in [1.29, 1.82) is 0 Å². The highest BCUT2D eigenvalue weighted by Crippen LogP contribution is 2.17. The van der Waals surface area contributed by atoms with Gasteiger partial charge in [0.15, 0.2) is 0 Å². The summed E-state index contributed by atoms with van der Waals surface area (Å²) in [4.78, 5) is 0. The van der Waals surface area contributed by atoms with Gasteiger partial charge in [-0.15, -0.1) is 0 Å². The number of rotatable bonds is 8. The average Bonchev–Trinajstić information content (AvgIpc) is 2.75. The summed E-state index contributed by atoms with van der Waals surface area (Å²) in [6, 6.07) is 0.808. The molecule has 1 rings (SSSR count). The van der Waals surface area contributed by atoms with Gasteiger partial charge in [-0.25, -0.2) is 0 Å². The summed E-state index contributed by atoms with van der Waals surface area (Å²) in [5, 5.41) is 7.01. The second kappa shape index (κ2) is 8.08. The highest BCUT2D eigenvalue weighted by Gasteiger charge is 2.12. The Kier molecular flexibility index (Phi) is 6.98. The molecule has 0 heterocycles. The first-order valence-electron chi connectivity index (χ1n) is 6.30. The largest absolute Gasteiger partial charge is 0.380 e. The molecule has 0 aromatic carbocycles. The second-order valence-electron chi connectivity index (χ2n) is 4.54. The number of hydrogen-bond donors (Lipinski definition) is 2. The molecule has 0 aromatic heterocycles. The maximum Gasteiger partial charge on any atom is 0.0667 e. The van der Waals surface area contributed by atoms with E-state index in [0.29, 0.717) is 6.10 Å². The van der Waals surface area contributed by atoms with Crippen molar-refractivity contribution < 1.29 is 4.74 Å². The third-order valence-corrected chi connectivity index (χ3v) is 3.15. The Hall–Kier alpha value is -0.120. The lowest BCUT2D eigenvalue weighted by atomic mass is 10.2. The van der Waals surface area contributed by atoms with Crippen LogP contribution in [0.5, 0.6) is 0 Å². The van der Waals surface area contributed by atoms with Gasteiger partial charge in [-0.05, 0) is 39.3 Å². The van der Waals surface area contributed by atoms with Gasteiger partial charge in [0, 0.05) is 19.7 Å². The molecule has 0 radical (unpaired) electrons. The SMILES string of the molecule is COC(C)CNCCCNC1CCCC1. The zero-order chi connectivity index (χ0) is 10.9. The summed E-state index contributed by atoms with van der Waals surface area (Å²) >= 11 is 0. The van der Waals surface area contributed by atoms with Crippen molar-refractivity contribution in [3.63, 3.8) is 0 Å². The van der Waals surface area contributed by atoms with E-state index in [9.17, 15) is 0 Å². The topological polar surface area (TPSA) is 33.3 Å². The van der Waals surface area contributed by atoms with Crippen LogP contribution in [0.2, 0.25) is 0 Å². The molecule has 3 nitrogen and oxygen atoms in total. The molecule has 0 aliphatic heterocycles. The van der Waals surface area contributed by atoms with Crippen molar-refractivity contribution in [2.24, 2.45) is 0 Å². The van der Waals surface area contributed by atoms with Crippen LogP contribution in [0.25, 0.3) is 0 Å². The lowest BCUT2D eigenvalue weighted by molar-refractivity contribution is 0.117. The van der Waals surface area contributed by atoms with E-state index in [1.54, 1.807) is 7.11 Å². The van der Waals surface area contributed by atoms with E-state index < -0.39 is 0 Å². The van der Waals surface area contributed by atoms with Crippen LogP contribution < -0.4 is 10.6 Å². The van der Waals surface area contributed by atoms with Crippen LogP contribution in [0, 0.1) is 0 Å². The Morgan fingerprint density at radius 1 is 1.27 bits per heavy atom. The summed E-state index contributed by atoms with van der Waals surface area (Å²) in [5.74, 6) is 0. The monoisotopic (exact) mass is 214 g/mol. The van der Waals surface area contributed by atoms with Gasteiger partial charge in [-0.2, -0.15) is 0 Å². The Balaban J connectivity index is 1.80. The molecule has 0 bridgehead atoms. The van der Waals surface area contributed by atoms with Crippen LogP contribution in [-0.4, -0.2) is 38.9 Å². The molecule has 1 atom stereocenters. The van der Waals surface area contributed by atoms with Gasteiger partial charge in [0.05, 0.1) is 6.10 Å². The minimum Gasteiger partial charge on any atom is -0.380 e. The normalized spacial score (nSPS) is 19.6. The number of hydrogen-bond acceptors (Lipinski definition) is 3. The van der Waals surface area contributed by atoms with Crippen molar-refractivity contribution in [3.8, 4) is 0 Å². The molecule has 2 N–H and O–H groups in total. The van der Waals surface area contributed by atoms with Crippen molar-refractivity contribution in [2.45, 2.75) is 51.2 Å². The van der Waals surface area contributed by atoms with Crippen LogP contribution in [0.3, 0.4) is 0 Å². The van der Waals surface area contributed by atoms with Gasteiger partial charge in [-0.3, -0.25) is 0 Å². The summed E-state index contributed by atoms with van der Waals surface area (Å²) in [6.45, 7) is 5.29. The molecular weight excluding hydrogens is 188 g/mol. The van der Waals surface area contributed by atoms with E-state index in [1.807, 2.05) is 0 Å². The van der Waals surface area contributed by atoms with Gasteiger partial charge in [-0.1, -0.05) is 12.8 Å². The van der Waals surface area contributed by atoms with Crippen LogP contribution in [0.4, 0.5) is 0 Å². The molecule has 1 fully saturated rings. The molecule has 0 spiro atoms. The molecule has 3 heteroatoms. The summed E-state index contributed by atoms with van der Waals surface area (Å²) in [6.07, 6.45) is 7.14. The molecule has 1 unspecified atom stereocenters. The molecule has 15 heavy (non-hydrogen) atoms. The fourth-order valence-electron chi connectivity index (χ4n) is 2.04. The van der Waals surface area contributed by atoms with Crippen molar-refractivity contribution in [2.75, 3.05) is 26.7 Å². The fourth-order valence-corrected chi connectivity index (χ4v) is 2.04. The zero-order valence-corrected chi connectivity index (χ0v) is 10.2. The Bertz CT molecular complexity index is 147. The Morgan fingerprint density at radius 3 is 2.67 bits per heavy atom. The molecule has 0 saturated heterocycles. The minimum absolute atomic E-state index is 0.327. The predicted molar refractivity (Wildman–Crippen MR) is 64.2 cm³/mol. The highest BCUT2D eigenvalue weighted by molar-refractivity contribution is 4.73. The Labute approximate surface area is 94.0 Å². The van der Waals surface area contributed by atoms with Crippen LogP contribution in [0.15, 0.2) is 0 Å². The summed E-state index contributed by atoms with van der Waals surface area (Å²) < 4.78 is 5.16. The van der Waals surface area contributed by atoms with E-state index in [2.05, 4.69) is 17.6 Å². The van der Waals surface area contributed by atoms with Crippen LogP contribution >= 0.6 is 0 Å². The van der Waals surface area contributed by atoms with Gasteiger partial charge in [0.25, 0.3) is 0 Å². The fraction of sp³-hybridized carbons (Fsp3) is 1.00. The number of methoxy groups -OCH3 is 1. The molecule has 0 amide bonds. The predicted octanol–water partition coefficient (Wildman–Crippen LogP) is 1.53. The smallest absolute Gasteiger partial charge is 0.0667 e. The molecular formula is C12H26N2O. The summed E-state index contributed by atoms with van der Waals surface area (Å²) in [5.41, 5.74) is 0. The third-order valence-electron chi connectivity index (χ3n) is 3.15. The van der Waals surface area contributed by atoms with E-state index in [4.69, 9.17) is 4.74 Å².